The Morgan fingerprint density at radius 2 is 1.95 bits per heavy atom. The van der Waals surface area contributed by atoms with Gasteiger partial charge in [0.2, 0.25) is 0 Å². The zero-order valence-electron chi connectivity index (χ0n) is 12.6. The van der Waals surface area contributed by atoms with Gasteiger partial charge in [-0.25, -0.2) is 0 Å². The van der Waals surface area contributed by atoms with Crippen LogP contribution in [0.2, 0.25) is 0 Å². The second kappa shape index (κ2) is 5.24. The molecule has 0 spiro atoms. The topological polar surface area (TPSA) is 48.9 Å². The van der Waals surface area contributed by atoms with E-state index < -0.39 is 0 Å². The van der Waals surface area contributed by atoms with Gasteiger partial charge in [-0.3, -0.25) is 5.10 Å². The van der Waals surface area contributed by atoms with Crippen molar-refractivity contribution < 1.29 is 5.11 Å². The Kier molecular flexibility index (Phi) is 3.42. The first kappa shape index (κ1) is 13.7. The van der Waals surface area contributed by atoms with Gasteiger partial charge >= 0.3 is 0 Å². The van der Waals surface area contributed by atoms with Gasteiger partial charge in [0.25, 0.3) is 0 Å². The average Bonchev–Trinajstić information content (AvgIpc) is 2.89. The number of phenols is 1. The van der Waals surface area contributed by atoms with Crippen molar-refractivity contribution in [2.24, 2.45) is 0 Å². The molecule has 1 aromatic heterocycles. The highest BCUT2D eigenvalue weighted by Crippen LogP contribution is 2.29. The second-order valence-corrected chi connectivity index (χ2v) is 5.88. The average molecular weight is 280 g/mol. The lowest BCUT2D eigenvalue weighted by molar-refractivity contribution is 0.474. The quantitative estimate of drug-likeness (QED) is 0.754. The Morgan fingerprint density at radius 1 is 1.14 bits per heavy atom. The fourth-order valence-corrected chi connectivity index (χ4v) is 2.97. The van der Waals surface area contributed by atoms with Crippen LogP contribution in [0.15, 0.2) is 36.5 Å². The van der Waals surface area contributed by atoms with E-state index in [1.807, 2.05) is 18.3 Å². The molecule has 0 amide bonds. The zero-order valence-corrected chi connectivity index (χ0v) is 12.6. The van der Waals surface area contributed by atoms with Crippen molar-refractivity contribution in [3.63, 3.8) is 0 Å². The number of aromatic nitrogens is 2. The lowest BCUT2D eigenvalue weighted by Gasteiger charge is -2.16. The fraction of sp³-hybridized carbons (Fsp3) is 0.278. The van der Waals surface area contributed by atoms with Crippen molar-refractivity contribution in [3.8, 4) is 5.75 Å². The fourth-order valence-electron chi connectivity index (χ4n) is 2.97. The summed E-state index contributed by atoms with van der Waals surface area (Å²) in [4.78, 5) is 0. The molecule has 1 heterocycles. The molecule has 2 N–H and O–H groups in total. The number of nitrogens with zero attached hydrogens (tertiary/aromatic N) is 1. The van der Waals surface area contributed by atoms with Crippen LogP contribution in [-0.2, 0) is 6.42 Å². The number of aromatic hydroxyl groups is 1. The first-order valence-corrected chi connectivity index (χ1v) is 7.26. The van der Waals surface area contributed by atoms with Gasteiger partial charge in [0.15, 0.2) is 0 Å². The van der Waals surface area contributed by atoms with Gasteiger partial charge in [-0.1, -0.05) is 13.0 Å². The normalized spacial score (nSPS) is 12.7. The van der Waals surface area contributed by atoms with E-state index in [0.717, 1.165) is 17.3 Å². The molecule has 3 rings (SSSR count). The first-order chi connectivity index (χ1) is 10.0. The summed E-state index contributed by atoms with van der Waals surface area (Å²) in [6.45, 7) is 6.47. The van der Waals surface area contributed by atoms with Crippen molar-refractivity contribution in [3.05, 3.63) is 58.8 Å². The number of fused-ring (bicyclic) bond motifs is 1. The standard InChI is InChI=1S/C18H20N2O/c1-11-4-5-16(21)8-14(11)6-12(2)17-9-15-10-19-20-18(15)7-13(17)3/h4-5,7-10,12,21H,6H2,1-3H3,(H,19,20). The SMILES string of the molecule is Cc1ccc(O)cc1CC(C)c1cc2cn[nH]c2cc1C. The van der Waals surface area contributed by atoms with Crippen LogP contribution < -0.4 is 0 Å². The third kappa shape index (κ3) is 2.64. The number of phenolic OH excluding ortho intramolecular Hbond substituents is 1. The van der Waals surface area contributed by atoms with Gasteiger partial charge < -0.3 is 5.11 Å². The maximum absolute atomic E-state index is 9.68. The van der Waals surface area contributed by atoms with Crippen molar-refractivity contribution in [1.82, 2.24) is 10.2 Å². The zero-order chi connectivity index (χ0) is 15.0. The van der Waals surface area contributed by atoms with Crippen LogP contribution in [0.4, 0.5) is 0 Å². The molecule has 0 saturated heterocycles. The maximum atomic E-state index is 9.68. The summed E-state index contributed by atoms with van der Waals surface area (Å²) >= 11 is 0. The first-order valence-electron chi connectivity index (χ1n) is 7.26. The predicted molar refractivity (Wildman–Crippen MR) is 85.8 cm³/mol. The van der Waals surface area contributed by atoms with Crippen LogP contribution in [0, 0.1) is 13.8 Å². The molecule has 0 aliphatic carbocycles. The molecule has 3 heteroatoms. The van der Waals surface area contributed by atoms with E-state index in [9.17, 15) is 5.11 Å². The Bertz CT molecular complexity index is 789. The summed E-state index contributed by atoms with van der Waals surface area (Å²) in [5.74, 6) is 0.731. The van der Waals surface area contributed by atoms with Gasteiger partial charge in [0.05, 0.1) is 11.7 Å². The summed E-state index contributed by atoms with van der Waals surface area (Å²) in [5.41, 5.74) is 6.12. The van der Waals surface area contributed by atoms with E-state index in [4.69, 9.17) is 0 Å². The third-order valence-electron chi connectivity index (χ3n) is 4.22. The van der Waals surface area contributed by atoms with E-state index in [0.29, 0.717) is 11.7 Å². The number of benzene rings is 2. The molecule has 0 aliphatic heterocycles. The highest BCUT2D eigenvalue weighted by Gasteiger charge is 2.13. The van der Waals surface area contributed by atoms with Crippen molar-refractivity contribution >= 4 is 10.9 Å². The Labute approximate surface area is 124 Å². The predicted octanol–water partition coefficient (Wildman–Crippen LogP) is 4.23. The molecule has 0 fully saturated rings. The summed E-state index contributed by atoms with van der Waals surface area (Å²) in [5, 5.41) is 17.9. The largest absolute Gasteiger partial charge is 0.508 e. The van der Waals surface area contributed by atoms with Crippen molar-refractivity contribution in [2.75, 3.05) is 0 Å². The van der Waals surface area contributed by atoms with Crippen molar-refractivity contribution in [2.45, 2.75) is 33.1 Å². The maximum Gasteiger partial charge on any atom is 0.115 e. The molecular formula is C18H20N2O. The van der Waals surface area contributed by atoms with Gasteiger partial charge in [0, 0.05) is 5.39 Å². The number of nitrogens with one attached hydrogen (secondary N) is 1. The molecule has 21 heavy (non-hydrogen) atoms. The monoisotopic (exact) mass is 280 g/mol. The molecule has 108 valence electrons. The summed E-state index contributed by atoms with van der Waals surface area (Å²) < 4.78 is 0. The number of aromatic amines is 1. The number of aryl methyl sites for hydroxylation is 2. The summed E-state index contributed by atoms with van der Waals surface area (Å²) in [6.07, 6.45) is 2.79. The molecule has 0 aliphatic rings. The van der Waals surface area contributed by atoms with Crippen LogP contribution >= 0.6 is 0 Å². The van der Waals surface area contributed by atoms with Crippen molar-refractivity contribution in [1.29, 1.82) is 0 Å². The molecule has 1 atom stereocenters. The minimum atomic E-state index is 0.338. The van der Waals surface area contributed by atoms with Gasteiger partial charge in [0.1, 0.15) is 5.75 Å². The number of H-pyrrole nitrogens is 1. The second-order valence-electron chi connectivity index (χ2n) is 5.88. The lowest BCUT2D eigenvalue weighted by atomic mass is 9.88. The molecular weight excluding hydrogens is 260 g/mol. The molecule has 3 aromatic rings. The highest BCUT2D eigenvalue weighted by molar-refractivity contribution is 5.79. The smallest absolute Gasteiger partial charge is 0.115 e. The number of rotatable bonds is 3. The van der Waals surface area contributed by atoms with E-state index in [-0.39, 0.29) is 0 Å². The summed E-state index contributed by atoms with van der Waals surface area (Å²) in [7, 11) is 0. The molecule has 0 radical (unpaired) electrons. The Balaban J connectivity index is 1.94. The molecule has 0 bridgehead atoms. The molecule has 0 saturated carbocycles. The van der Waals surface area contributed by atoms with Crippen LogP contribution in [0.3, 0.4) is 0 Å². The Hall–Kier alpha value is -2.29. The minimum absolute atomic E-state index is 0.338. The van der Waals surface area contributed by atoms with Crippen LogP contribution in [0.5, 0.6) is 5.75 Å². The number of hydrogen-bond acceptors (Lipinski definition) is 2. The minimum Gasteiger partial charge on any atom is -0.508 e. The molecule has 2 aromatic carbocycles. The van der Waals surface area contributed by atoms with E-state index in [1.165, 1.54) is 22.3 Å². The lowest BCUT2D eigenvalue weighted by Crippen LogP contribution is -2.02. The van der Waals surface area contributed by atoms with E-state index >= 15 is 0 Å². The molecule has 3 nitrogen and oxygen atoms in total. The number of hydrogen-bond donors (Lipinski definition) is 2. The van der Waals surface area contributed by atoms with E-state index in [1.54, 1.807) is 6.07 Å². The van der Waals surface area contributed by atoms with E-state index in [2.05, 4.69) is 43.1 Å². The third-order valence-corrected chi connectivity index (χ3v) is 4.22. The highest BCUT2D eigenvalue weighted by atomic mass is 16.3. The molecule has 1 unspecified atom stereocenters. The van der Waals surface area contributed by atoms with Crippen LogP contribution in [0.1, 0.15) is 35.1 Å². The van der Waals surface area contributed by atoms with Gasteiger partial charge in [-0.15, -0.1) is 0 Å². The van der Waals surface area contributed by atoms with Crippen LogP contribution in [0.25, 0.3) is 10.9 Å². The Morgan fingerprint density at radius 3 is 2.76 bits per heavy atom. The van der Waals surface area contributed by atoms with Gasteiger partial charge in [-0.05, 0) is 72.7 Å². The summed E-state index contributed by atoms with van der Waals surface area (Å²) in [6, 6.07) is 9.97. The van der Waals surface area contributed by atoms with Crippen LogP contribution in [-0.4, -0.2) is 15.3 Å². The van der Waals surface area contributed by atoms with Gasteiger partial charge in [-0.2, -0.15) is 5.10 Å².